The van der Waals surface area contributed by atoms with Crippen molar-refractivity contribution in [2.24, 2.45) is 9.48 Å². The fraction of sp³-hybridized carbons (Fsp3) is 0.750. The maximum absolute atomic E-state index is 10.6. The predicted octanol–water partition coefficient (Wildman–Crippen LogP) is -0.423. The molecule has 0 saturated carbocycles. The summed E-state index contributed by atoms with van der Waals surface area (Å²) in [5.41, 5.74) is 0. The van der Waals surface area contributed by atoms with Crippen LogP contribution in [0.4, 0.5) is 0 Å². The van der Waals surface area contributed by atoms with Gasteiger partial charge in [-0.1, -0.05) is 0 Å². The zero-order chi connectivity index (χ0) is 11.0. The summed E-state index contributed by atoms with van der Waals surface area (Å²) in [6, 6.07) is 0. The van der Waals surface area contributed by atoms with Crippen LogP contribution in [0.15, 0.2) is 9.48 Å². The van der Waals surface area contributed by atoms with Crippen molar-refractivity contribution in [3.05, 3.63) is 4.91 Å². The van der Waals surface area contributed by atoms with Crippen molar-refractivity contribution in [1.82, 2.24) is 0 Å². The summed E-state index contributed by atoms with van der Waals surface area (Å²) in [5, 5.41) is 7.33. The molecule has 0 bridgehead atoms. The van der Waals surface area contributed by atoms with Gasteiger partial charge in [-0.3, -0.25) is 0 Å². The van der Waals surface area contributed by atoms with E-state index in [0.717, 1.165) is 11.8 Å². The van der Waals surface area contributed by atoms with E-state index in [2.05, 4.69) is 4.90 Å². The van der Waals surface area contributed by atoms with Gasteiger partial charge in [-0.2, -0.15) is 0 Å². The van der Waals surface area contributed by atoms with Crippen molar-refractivity contribution < 1.29 is 8.42 Å². The van der Waals surface area contributed by atoms with E-state index in [9.17, 15) is 13.3 Å². The Balaban J connectivity index is 3.67. The van der Waals surface area contributed by atoms with E-state index < -0.39 is 10.0 Å². The van der Waals surface area contributed by atoms with Gasteiger partial charge in [0.25, 0.3) is 0 Å². The molecule has 0 unspecified atom stereocenters. The van der Waals surface area contributed by atoms with Gasteiger partial charge in [0.1, 0.15) is 0 Å². The van der Waals surface area contributed by atoms with Gasteiger partial charge in [-0.05, 0) is 0 Å². The van der Waals surface area contributed by atoms with E-state index in [1.54, 1.807) is 7.74 Å². The second-order valence-corrected chi connectivity index (χ2v) is 5.06. The molecule has 0 atom stereocenters. The number of nitrogens with zero attached hydrogens (tertiary/aromatic N) is 2. The zero-order valence-electron chi connectivity index (χ0n) is 7.63. The number of amidine groups is 1. The molecule has 0 aromatic heterocycles. The van der Waals surface area contributed by atoms with E-state index in [1.807, 2.05) is 4.58 Å². The van der Waals surface area contributed by atoms with E-state index in [4.69, 9.17) is 5.41 Å². The Morgan fingerprint density at radius 2 is 2.21 bits per heavy atom. The molecule has 0 aliphatic carbocycles. The van der Waals surface area contributed by atoms with Crippen LogP contribution in [0.25, 0.3) is 0 Å². The van der Waals surface area contributed by atoms with Crippen LogP contribution in [0.3, 0.4) is 0 Å². The number of rotatable bonds is 5. The third-order valence-electron chi connectivity index (χ3n) is 1.15. The van der Waals surface area contributed by atoms with Gasteiger partial charge in [0, 0.05) is 0 Å². The van der Waals surface area contributed by atoms with Crippen LogP contribution < -0.4 is 0 Å². The van der Waals surface area contributed by atoms with Crippen LogP contribution in [0.1, 0.15) is 6.42 Å². The first kappa shape index (κ1) is 13.5. The zero-order valence-corrected chi connectivity index (χ0v) is 9.27. The molecule has 0 aromatic rings. The monoisotopic (exact) mass is 233 g/mol. The Bertz CT molecular complexity index is 329. The van der Waals surface area contributed by atoms with E-state index >= 15 is 0 Å². The second kappa shape index (κ2) is 6.88. The Morgan fingerprint density at radius 1 is 1.57 bits per heavy atom. The third-order valence-corrected chi connectivity index (χ3v) is 3.05. The minimum atomic E-state index is -3.78. The summed E-state index contributed by atoms with van der Waals surface area (Å²) >= 11 is 1.13. The molecule has 0 aromatic carbocycles. The van der Waals surface area contributed by atoms with Crippen LogP contribution in [0.5, 0.6) is 0 Å². The number of hydrogen-bond acceptors (Lipinski definition) is 5. The molecule has 0 saturated heterocycles. The number of sulfonamides is 1. The first-order valence-corrected chi connectivity index (χ1v) is 6.38. The van der Waals surface area contributed by atoms with Gasteiger partial charge in [0.15, 0.2) is 0 Å². The second-order valence-electron chi connectivity index (χ2n) is 2.26. The fourth-order valence-electron chi connectivity index (χ4n) is 0.602. The normalized spacial score (nSPS) is 11.1. The fourth-order valence-corrected chi connectivity index (χ4v) is 2.03. The molecule has 76 valence electrons. The maximum atomic E-state index is 10.6. The van der Waals surface area contributed by atoms with Crippen molar-refractivity contribution in [2.75, 3.05) is 11.5 Å². The summed E-state index contributed by atoms with van der Waals surface area (Å²) in [7, 11) is -2.09. The average Bonchev–Trinajstić information content (AvgIpc) is 2.13. The van der Waals surface area contributed by atoms with Gasteiger partial charge in [0.05, 0.1) is 0 Å². The van der Waals surface area contributed by atoms with Gasteiger partial charge in [0.2, 0.25) is 0 Å². The molecule has 1 N–H and O–H groups in total. The Hall–Kier alpha value is -0.500. The van der Waals surface area contributed by atoms with Gasteiger partial charge >= 0.3 is 87.8 Å². The summed E-state index contributed by atoms with van der Waals surface area (Å²) in [6.07, 6.45) is 0.292. The van der Waals surface area contributed by atoms with Crippen LogP contribution in [0, 0.1) is 10.3 Å². The van der Waals surface area contributed by atoms with Crippen LogP contribution in [0.2, 0.25) is 0 Å². The van der Waals surface area contributed by atoms with E-state index in [1.165, 1.54) is 6.96 Å². The van der Waals surface area contributed by atoms with Crippen molar-refractivity contribution in [2.45, 2.75) is 6.42 Å². The minimum absolute atomic E-state index is 0.129. The Morgan fingerprint density at radius 3 is 2.71 bits per heavy atom. The van der Waals surface area contributed by atoms with E-state index in [-0.39, 0.29) is 10.9 Å². The Kier molecular flexibility index (Phi) is 6.63. The van der Waals surface area contributed by atoms with Crippen LogP contribution >= 0.6 is 11.8 Å². The topological polar surface area (TPSA) is 99.8 Å². The molecule has 0 amide bonds. The van der Waals surface area contributed by atoms with E-state index in [0.29, 0.717) is 12.2 Å². The van der Waals surface area contributed by atoms with Gasteiger partial charge in [-0.25, -0.2) is 0 Å². The molecule has 14 heavy (non-hydrogen) atoms. The van der Waals surface area contributed by atoms with Crippen molar-refractivity contribution in [1.29, 1.82) is 5.41 Å². The molecule has 0 fully saturated rings. The SMILES string of the molecule is BB=NC(=N)SCCCS(=O)(=O)N=O. The van der Waals surface area contributed by atoms with Crippen LogP contribution in [-0.4, -0.2) is 39.8 Å². The Labute approximate surface area is 88.1 Å². The molecule has 0 aliphatic heterocycles. The molecule has 0 spiro atoms. The summed E-state index contributed by atoms with van der Waals surface area (Å²) < 4.78 is 23.2. The first-order valence-electron chi connectivity index (χ1n) is 3.79. The molecule has 0 heterocycles. The average molecular weight is 233 g/mol. The molecule has 0 radical (unpaired) electrons. The number of hydrogen-bond donors (Lipinski definition) is 1. The molecule has 0 rings (SSSR count). The summed E-state index contributed by atoms with van der Waals surface area (Å²) in [5.74, 6) is 0.164. The standard InChI is InChI=1S/C4H9B2N3O3S2/c5-6-8-4(7)13-2-1-3-14(11,12)9-10/h7H,1-3,5H2. The quantitative estimate of drug-likeness (QED) is 0.229. The number of nitroso groups, excluding NO2 is 1. The van der Waals surface area contributed by atoms with Gasteiger partial charge < -0.3 is 0 Å². The first-order chi connectivity index (χ1) is 6.52. The summed E-state index contributed by atoms with van der Waals surface area (Å²) in [6.45, 7) is 1.49. The molecule has 0 aliphatic rings. The molecular weight excluding hydrogens is 224 g/mol. The van der Waals surface area contributed by atoms with Crippen molar-refractivity contribution in [3.63, 3.8) is 0 Å². The van der Waals surface area contributed by atoms with Gasteiger partial charge in [-0.15, -0.1) is 0 Å². The number of thioether (sulfide) groups is 1. The van der Waals surface area contributed by atoms with Crippen molar-refractivity contribution in [3.8, 4) is 0 Å². The molecule has 10 heteroatoms. The van der Waals surface area contributed by atoms with Crippen molar-refractivity contribution >= 4 is 41.7 Å². The predicted molar refractivity (Wildman–Crippen MR) is 61.1 cm³/mol. The summed E-state index contributed by atoms with van der Waals surface area (Å²) in [4.78, 5) is 13.4. The third kappa shape index (κ3) is 6.96. The molecule has 6 nitrogen and oxygen atoms in total. The number of nitrogens with one attached hydrogen (secondary N) is 1. The molecular formula is C4H9B2N3O3S2. The van der Waals surface area contributed by atoms with Crippen LogP contribution in [-0.2, 0) is 10.0 Å².